The van der Waals surface area contributed by atoms with E-state index in [1.54, 1.807) is 13.8 Å². The highest BCUT2D eigenvalue weighted by Gasteiger charge is 2.30. The molecule has 0 spiro atoms. The summed E-state index contributed by atoms with van der Waals surface area (Å²) in [6.07, 6.45) is 12.8. The summed E-state index contributed by atoms with van der Waals surface area (Å²) >= 11 is 1.31. The van der Waals surface area contributed by atoms with Crippen LogP contribution in [0.2, 0.25) is 0 Å². The molecule has 1 atom stereocenters. The van der Waals surface area contributed by atoms with Crippen molar-refractivity contribution in [1.82, 2.24) is 0 Å². The Balaban J connectivity index is 2.28. The van der Waals surface area contributed by atoms with Crippen molar-refractivity contribution in [1.29, 1.82) is 0 Å². The molecule has 3 heteroatoms. The lowest BCUT2D eigenvalue weighted by Gasteiger charge is -2.24. The van der Waals surface area contributed by atoms with Crippen LogP contribution in [0.1, 0.15) is 19.4 Å². The van der Waals surface area contributed by atoms with Crippen molar-refractivity contribution in [3.05, 3.63) is 54.1 Å². The van der Waals surface area contributed by atoms with Gasteiger partial charge in [0.2, 0.25) is 11.2 Å². The molecule has 0 aliphatic heterocycles. The highest BCUT2D eigenvalue weighted by molar-refractivity contribution is 7.99. The van der Waals surface area contributed by atoms with E-state index in [-0.39, 0.29) is 5.78 Å². The summed E-state index contributed by atoms with van der Waals surface area (Å²) in [6.45, 7) is 7.46. The molecule has 25 heavy (non-hydrogen) atoms. The van der Waals surface area contributed by atoms with Gasteiger partial charge in [-0.1, -0.05) is 30.6 Å². The molecule has 0 fully saturated rings. The van der Waals surface area contributed by atoms with Gasteiger partial charge in [-0.2, -0.15) is 0 Å². The zero-order chi connectivity index (χ0) is 18.6. The maximum absolute atomic E-state index is 12.7. The number of benzene rings is 2. The second-order valence-corrected chi connectivity index (χ2v) is 7.07. The quantitative estimate of drug-likeness (QED) is 0.431. The molecule has 126 valence electrons. The van der Waals surface area contributed by atoms with Gasteiger partial charge in [-0.25, -0.2) is 0 Å². The van der Waals surface area contributed by atoms with Crippen LogP contribution in [0, 0.1) is 30.1 Å². The maximum Gasteiger partial charge on any atom is 0.210 e. The van der Waals surface area contributed by atoms with E-state index in [2.05, 4.69) is 18.4 Å². The molecular formula is C22H20O2S. The van der Waals surface area contributed by atoms with Crippen LogP contribution in [0.3, 0.4) is 0 Å². The molecular weight excluding hydrogens is 328 g/mol. The van der Waals surface area contributed by atoms with Gasteiger partial charge in [0.25, 0.3) is 0 Å². The average molecular weight is 348 g/mol. The average Bonchev–Trinajstić information content (AvgIpc) is 2.64. The van der Waals surface area contributed by atoms with Crippen molar-refractivity contribution in [3.63, 3.8) is 0 Å². The van der Waals surface area contributed by atoms with E-state index in [9.17, 15) is 4.79 Å². The lowest BCUT2D eigenvalue weighted by molar-refractivity contribution is -0.119. The van der Waals surface area contributed by atoms with Gasteiger partial charge in [-0.15, -0.1) is 24.6 Å². The molecule has 0 amide bonds. The third-order valence-corrected chi connectivity index (χ3v) is 4.80. The Kier molecular flexibility index (Phi) is 5.62. The van der Waals surface area contributed by atoms with E-state index < -0.39 is 10.9 Å². The molecule has 0 radical (unpaired) electrons. The third-order valence-electron chi connectivity index (χ3n) is 4.06. The normalized spacial score (nSPS) is 12.0. The minimum Gasteiger partial charge on any atom is -0.471 e. The standard InChI is InChI=1S/C22H20O2S/c1-7-16-9-10-17-11-12-19(14-18(17)13-16)24-21(25-6)20(23)15(3)22(4,5)8-2/h1-2,9-14,21H,3H2,4-6H3. The molecule has 0 saturated heterocycles. The second kappa shape index (κ2) is 7.51. The van der Waals surface area contributed by atoms with E-state index in [0.29, 0.717) is 11.3 Å². The predicted octanol–water partition coefficient (Wildman–Crippen LogP) is 4.67. The number of ether oxygens (including phenoxy) is 1. The zero-order valence-corrected chi connectivity index (χ0v) is 15.4. The van der Waals surface area contributed by atoms with Crippen LogP contribution >= 0.6 is 11.8 Å². The molecule has 2 aromatic carbocycles. The van der Waals surface area contributed by atoms with Gasteiger partial charge < -0.3 is 4.74 Å². The summed E-state index contributed by atoms with van der Waals surface area (Å²) in [5, 5.41) is 2.01. The second-order valence-electron chi connectivity index (χ2n) is 6.17. The molecule has 0 aromatic heterocycles. The van der Waals surface area contributed by atoms with Crippen LogP contribution in [0.4, 0.5) is 0 Å². The molecule has 2 aromatic rings. The van der Waals surface area contributed by atoms with Gasteiger partial charge in [0.05, 0.1) is 5.41 Å². The first kappa shape index (κ1) is 18.7. The molecule has 0 aliphatic rings. The lowest BCUT2D eigenvalue weighted by Crippen LogP contribution is -2.30. The van der Waals surface area contributed by atoms with E-state index >= 15 is 0 Å². The molecule has 2 nitrogen and oxygen atoms in total. The van der Waals surface area contributed by atoms with Crippen molar-refractivity contribution in [3.8, 4) is 30.4 Å². The number of carbonyl (C=O) groups excluding carboxylic acids is 1. The highest BCUT2D eigenvalue weighted by Crippen LogP contribution is 2.30. The van der Waals surface area contributed by atoms with Gasteiger partial charge in [0.15, 0.2) is 0 Å². The van der Waals surface area contributed by atoms with Gasteiger partial charge in [0, 0.05) is 11.1 Å². The van der Waals surface area contributed by atoms with E-state index in [1.807, 2.05) is 42.7 Å². The minimum absolute atomic E-state index is 0.201. The Morgan fingerprint density at radius 1 is 1.20 bits per heavy atom. The number of ketones is 1. The Labute approximate surface area is 153 Å². The number of terminal acetylenes is 2. The number of hydrogen-bond donors (Lipinski definition) is 0. The number of carbonyl (C=O) groups is 1. The van der Waals surface area contributed by atoms with Gasteiger partial charge in [-0.3, -0.25) is 4.79 Å². The fourth-order valence-electron chi connectivity index (χ4n) is 2.26. The Hall–Kier alpha value is -2.62. The first-order valence-electron chi connectivity index (χ1n) is 7.73. The van der Waals surface area contributed by atoms with Gasteiger partial charge >= 0.3 is 0 Å². The van der Waals surface area contributed by atoms with Gasteiger partial charge in [-0.05, 0) is 55.1 Å². The molecule has 0 bridgehead atoms. The monoisotopic (exact) mass is 348 g/mol. The third kappa shape index (κ3) is 4.08. The zero-order valence-electron chi connectivity index (χ0n) is 14.6. The van der Waals surface area contributed by atoms with E-state index in [4.69, 9.17) is 17.6 Å². The summed E-state index contributed by atoms with van der Waals surface area (Å²) in [5.41, 5.74) is -0.246. The molecule has 0 heterocycles. The number of hydrogen-bond acceptors (Lipinski definition) is 3. The largest absolute Gasteiger partial charge is 0.471 e. The number of Topliss-reactive ketones (excluding diaryl/α,β-unsaturated/α-hetero) is 1. The van der Waals surface area contributed by atoms with Crippen molar-refractivity contribution >= 4 is 28.3 Å². The first-order valence-corrected chi connectivity index (χ1v) is 9.02. The van der Waals surface area contributed by atoms with Crippen molar-refractivity contribution in [2.45, 2.75) is 19.3 Å². The van der Waals surface area contributed by atoms with Crippen LogP contribution in [-0.4, -0.2) is 17.5 Å². The molecule has 0 N–H and O–H groups in total. The highest BCUT2D eigenvalue weighted by atomic mass is 32.2. The van der Waals surface area contributed by atoms with Crippen LogP contribution in [0.15, 0.2) is 48.6 Å². The number of thioether (sulfide) groups is 1. The maximum atomic E-state index is 12.7. The summed E-state index contributed by atoms with van der Waals surface area (Å²) in [5.74, 6) is 5.61. The Bertz CT molecular complexity index is 910. The Morgan fingerprint density at radius 2 is 1.88 bits per heavy atom. The fourth-order valence-corrected chi connectivity index (χ4v) is 2.82. The fraction of sp³-hybridized carbons (Fsp3) is 0.227. The number of rotatable bonds is 6. The molecule has 0 aliphatic carbocycles. The Morgan fingerprint density at radius 3 is 2.48 bits per heavy atom. The predicted molar refractivity (Wildman–Crippen MR) is 107 cm³/mol. The molecule has 0 saturated carbocycles. The van der Waals surface area contributed by atoms with E-state index in [1.165, 1.54) is 11.8 Å². The van der Waals surface area contributed by atoms with Crippen molar-refractivity contribution < 1.29 is 9.53 Å². The SMILES string of the molecule is C#Cc1ccc2ccc(OC(SC)C(=O)C(=C)C(C)(C)C#C)cc2c1. The lowest BCUT2D eigenvalue weighted by atomic mass is 9.84. The van der Waals surface area contributed by atoms with Crippen LogP contribution in [0.5, 0.6) is 5.75 Å². The first-order chi connectivity index (χ1) is 11.8. The van der Waals surface area contributed by atoms with Gasteiger partial charge in [0.1, 0.15) is 5.75 Å². The smallest absolute Gasteiger partial charge is 0.210 e. The van der Waals surface area contributed by atoms with Crippen LogP contribution < -0.4 is 4.74 Å². The van der Waals surface area contributed by atoms with Crippen LogP contribution in [0.25, 0.3) is 10.8 Å². The molecule has 1 unspecified atom stereocenters. The van der Waals surface area contributed by atoms with Crippen molar-refractivity contribution in [2.24, 2.45) is 5.41 Å². The number of fused-ring (bicyclic) bond motifs is 1. The summed E-state index contributed by atoms with van der Waals surface area (Å²) < 4.78 is 5.90. The summed E-state index contributed by atoms with van der Waals surface area (Å²) in [7, 11) is 0. The summed E-state index contributed by atoms with van der Waals surface area (Å²) in [4.78, 5) is 12.7. The molecule has 2 rings (SSSR count). The van der Waals surface area contributed by atoms with Crippen molar-refractivity contribution in [2.75, 3.05) is 6.26 Å². The minimum atomic E-state index is -0.709. The topological polar surface area (TPSA) is 26.3 Å². The van der Waals surface area contributed by atoms with Crippen LogP contribution in [-0.2, 0) is 4.79 Å². The van der Waals surface area contributed by atoms with E-state index in [0.717, 1.165) is 16.3 Å². The summed E-state index contributed by atoms with van der Waals surface area (Å²) in [6, 6.07) is 11.4.